The monoisotopic (exact) mass is 248 g/mol. The Labute approximate surface area is 97.2 Å². The summed E-state index contributed by atoms with van der Waals surface area (Å²) >= 11 is 0. The van der Waals surface area contributed by atoms with Crippen LogP contribution in [0.4, 0.5) is 0 Å². The minimum absolute atomic E-state index is 0.230. The highest BCUT2D eigenvalue weighted by Gasteiger charge is 2.34. The normalized spacial score (nSPS) is 30.4. The lowest BCUT2D eigenvalue weighted by atomic mass is 10.2. The molecule has 0 unspecified atom stereocenters. The summed E-state index contributed by atoms with van der Waals surface area (Å²) in [6.45, 7) is 5.12. The summed E-state index contributed by atoms with van der Waals surface area (Å²) in [6.07, 6.45) is 1.28. The third kappa shape index (κ3) is 2.56. The van der Waals surface area contributed by atoms with Crippen LogP contribution >= 0.6 is 0 Å². The van der Waals surface area contributed by atoms with Crippen molar-refractivity contribution >= 4 is 10.0 Å². The Kier molecular flexibility index (Phi) is 3.84. The Balaban J connectivity index is 2.05. The van der Waals surface area contributed by atoms with Crippen molar-refractivity contribution in [2.45, 2.75) is 31.1 Å². The summed E-state index contributed by atoms with van der Waals surface area (Å²) in [7, 11) is -3.10. The van der Waals surface area contributed by atoms with E-state index < -0.39 is 10.0 Å². The van der Waals surface area contributed by atoms with E-state index in [0.717, 1.165) is 6.54 Å². The second-order valence-corrected chi connectivity index (χ2v) is 6.78. The molecule has 0 spiro atoms. The largest absolute Gasteiger partial charge is 0.381 e. The molecule has 0 aromatic heterocycles. The van der Waals surface area contributed by atoms with E-state index in [1.54, 1.807) is 4.31 Å². The molecule has 0 aromatic rings. The zero-order chi connectivity index (χ0) is 11.6. The third-order valence-electron chi connectivity index (χ3n) is 3.28. The molecule has 2 aliphatic rings. The van der Waals surface area contributed by atoms with Gasteiger partial charge in [-0.1, -0.05) is 0 Å². The first-order valence-electron chi connectivity index (χ1n) is 5.91. The minimum Gasteiger partial charge on any atom is -0.381 e. The average Bonchev–Trinajstić information content (AvgIpc) is 2.30. The standard InChI is InChI=1S/C10H20N2O3S/c1-9-8-12(5-4-11-9)16(13,14)10-2-6-15-7-3-10/h9-11H,2-8H2,1H3/t9-/m0/s1. The SMILES string of the molecule is C[C@H]1CN(S(=O)(=O)C2CCOCC2)CCN1. The van der Waals surface area contributed by atoms with Gasteiger partial charge in [-0.2, -0.15) is 4.31 Å². The first kappa shape index (κ1) is 12.3. The van der Waals surface area contributed by atoms with E-state index in [2.05, 4.69) is 5.32 Å². The van der Waals surface area contributed by atoms with Gasteiger partial charge in [0, 0.05) is 38.9 Å². The highest BCUT2D eigenvalue weighted by atomic mass is 32.2. The highest BCUT2D eigenvalue weighted by Crippen LogP contribution is 2.20. The first-order valence-corrected chi connectivity index (χ1v) is 7.41. The van der Waals surface area contributed by atoms with Gasteiger partial charge in [-0.3, -0.25) is 0 Å². The lowest BCUT2D eigenvalue weighted by Crippen LogP contribution is -2.53. The smallest absolute Gasteiger partial charge is 0.217 e. The van der Waals surface area contributed by atoms with E-state index >= 15 is 0 Å². The fraction of sp³-hybridized carbons (Fsp3) is 1.00. The van der Waals surface area contributed by atoms with Crippen LogP contribution in [0.25, 0.3) is 0 Å². The van der Waals surface area contributed by atoms with Crippen molar-refractivity contribution in [3.05, 3.63) is 0 Å². The predicted octanol–water partition coefficient (Wildman–Crippen LogP) is -0.211. The molecular formula is C10H20N2O3S. The second-order valence-electron chi connectivity index (χ2n) is 4.57. The summed E-state index contributed by atoms with van der Waals surface area (Å²) in [6, 6.07) is 0.253. The van der Waals surface area contributed by atoms with E-state index in [9.17, 15) is 8.42 Å². The van der Waals surface area contributed by atoms with Gasteiger partial charge in [0.2, 0.25) is 10.0 Å². The Morgan fingerprint density at radius 3 is 2.62 bits per heavy atom. The summed E-state index contributed by atoms with van der Waals surface area (Å²) in [5.74, 6) is 0. The number of nitrogens with zero attached hydrogens (tertiary/aromatic N) is 1. The van der Waals surface area contributed by atoms with Crippen molar-refractivity contribution in [3.8, 4) is 0 Å². The van der Waals surface area contributed by atoms with Crippen LogP contribution in [0, 0.1) is 0 Å². The van der Waals surface area contributed by atoms with E-state index in [4.69, 9.17) is 4.74 Å². The van der Waals surface area contributed by atoms with Crippen LogP contribution in [0.1, 0.15) is 19.8 Å². The van der Waals surface area contributed by atoms with Crippen molar-refractivity contribution < 1.29 is 13.2 Å². The molecule has 2 rings (SSSR count). The zero-order valence-corrected chi connectivity index (χ0v) is 10.5. The van der Waals surface area contributed by atoms with Gasteiger partial charge in [-0.25, -0.2) is 8.42 Å². The molecule has 0 bridgehead atoms. The predicted molar refractivity (Wildman–Crippen MR) is 61.8 cm³/mol. The lowest BCUT2D eigenvalue weighted by Gasteiger charge is -2.34. The van der Waals surface area contributed by atoms with E-state index in [1.165, 1.54) is 0 Å². The van der Waals surface area contributed by atoms with Crippen LogP contribution in [0.5, 0.6) is 0 Å². The number of rotatable bonds is 2. The molecule has 0 saturated carbocycles. The van der Waals surface area contributed by atoms with Gasteiger partial charge in [0.25, 0.3) is 0 Å². The fourth-order valence-corrected chi connectivity index (χ4v) is 4.30. The lowest BCUT2D eigenvalue weighted by molar-refractivity contribution is 0.0969. The summed E-state index contributed by atoms with van der Waals surface area (Å²) in [5, 5.41) is 3.03. The molecule has 16 heavy (non-hydrogen) atoms. The maximum absolute atomic E-state index is 12.3. The van der Waals surface area contributed by atoms with Crippen molar-refractivity contribution in [1.29, 1.82) is 0 Å². The number of ether oxygens (including phenoxy) is 1. The minimum atomic E-state index is -3.10. The molecule has 2 heterocycles. The average molecular weight is 248 g/mol. The summed E-state index contributed by atoms with van der Waals surface area (Å²) in [4.78, 5) is 0. The molecule has 6 heteroatoms. The van der Waals surface area contributed by atoms with Crippen LogP contribution in [-0.4, -0.2) is 56.9 Å². The van der Waals surface area contributed by atoms with Crippen LogP contribution in [0.2, 0.25) is 0 Å². The Morgan fingerprint density at radius 1 is 1.31 bits per heavy atom. The van der Waals surface area contributed by atoms with Gasteiger partial charge in [0.05, 0.1) is 5.25 Å². The van der Waals surface area contributed by atoms with Crippen LogP contribution in [0.3, 0.4) is 0 Å². The number of hydrogen-bond donors (Lipinski definition) is 1. The molecule has 0 aliphatic carbocycles. The molecule has 2 saturated heterocycles. The zero-order valence-electron chi connectivity index (χ0n) is 9.68. The fourth-order valence-electron chi connectivity index (χ4n) is 2.31. The molecule has 0 radical (unpaired) electrons. The molecular weight excluding hydrogens is 228 g/mol. The molecule has 2 aliphatic heterocycles. The Hall–Kier alpha value is -0.170. The molecule has 1 atom stereocenters. The summed E-state index contributed by atoms with van der Waals surface area (Å²) < 4.78 is 31.5. The number of sulfonamides is 1. The van der Waals surface area contributed by atoms with Crippen molar-refractivity contribution in [1.82, 2.24) is 9.62 Å². The van der Waals surface area contributed by atoms with Crippen molar-refractivity contribution in [2.24, 2.45) is 0 Å². The van der Waals surface area contributed by atoms with Crippen LogP contribution < -0.4 is 5.32 Å². The van der Waals surface area contributed by atoms with Gasteiger partial charge in [-0.05, 0) is 19.8 Å². The Morgan fingerprint density at radius 2 is 2.00 bits per heavy atom. The molecule has 0 aromatic carbocycles. The van der Waals surface area contributed by atoms with Gasteiger partial charge in [0.15, 0.2) is 0 Å². The van der Waals surface area contributed by atoms with Crippen molar-refractivity contribution in [3.63, 3.8) is 0 Å². The first-order chi connectivity index (χ1) is 7.60. The summed E-state index contributed by atoms with van der Waals surface area (Å²) in [5.41, 5.74) is 0. The quantitative estimate of drug-likeness (QED) is 0.734. The van der Waals surface area contributed by atoms with Gasteiger partial charge in [-0.15, -0.1) is 0 Å². The Bertz CT molecular complexity index is 325. The number of nitrogens with one attached hydrogen (secondary N) is 1. The van der Waals surface area contributed by atoms with E-state index in [-0.39, 0.29) is 11.3 Å². The van der Waals surface area contributed by atoms with Crippen LogP contribution in [0.15, 0.2) is 0 Å². The molecule has 2 fully saturated rings. The highest BCUT2D eigenvalue weighted by molar-refractivity contribution is 7.89. The van der Waals surface area contributed by atoms with Gasteiger partial charge >= 0.3 is 0 Å². The van der Waals surface area contributed by atoms with Crippen LogP contribution in [-0.2, 0) is 14.8 Å². The van der Waals surface area contributed by atoms with E-state index in [1.807, 2.05) is 6.92 Å². The molecule has 5 nitrogen and oxygen atoms in total. The molecule has 94 valence electrons. The van der Waals surface area contributed by atoms with E-state index in [0.29, 0.717) is 39.1 Å². The van der Waals surface area contributed by atoms with Gasteiger partial charge in [0.1, 0.15) is 0 Å². The topological polar surface area (TPSA) is 58.6 Å². The maximum atomic E-state index is 12.3. The number of piperazine rings is 1. The maximum Gasteiger partial charge on any atom is 0.217 e. The molecule has 1 N–H and O–H groups in total. The van der Waals surface area contributed by atoms with Crippen molar-refractivity contribution in [2.75, 3.05) is 32.8 Å². The number of hydrogen-bond acceptors (Lipinski definition) is 4. The van der Waals surface area contributed by atoms with Gasteiger partial charge < -0.3 is 10.1 Å². The molecule has 0 amide bonds. The second kappa shape index (κ2) is 5.00. The third-order valence-corrected chi connectivity index (χ3v) is 5.65.